The third kappa shape index (κ3) is 3.00. The molecule has 1 heterocycles. The van der Waals surface area contributed by atoms with Crippen LogP contribution < -0.4 is 5.46 Å². The Balaban J connectivity index is 2.06. The number of hydrogen-bond donors (Lipinski definition) is 0. The summed E-state index contributed by atoms with van der Waals surface area (Å²) in [5.41, 5.74) is 2.67. The van der Waals surface area contributed by atoms with E-state index in [0.29, 0.717) is 0 Å². The van der Waals surface area contributed by atoms with E-state index < -0.39 is 7.12 Å². The summed E-state index contributed by atoms with van der Waals surface area (Å²) >= 11 is 0. The zero-order valence-corrected chi connectivity index (χ0v) is 15.7. The van der Waals surface area contributed by atoms with Crippen LogP contribution in [0.25, 0.3) is 32.7 Å². The fourth-order valence-electron chi connectivity index (χ4n) is 3.45. The van der Waals surface area contributed by atoms with Gasteiger partial charge in [0.15, 0.2) is 0 Å². The van der Waals surface area contributed by atoms with Crippen LogP contribution in [-0.4, -0.2) is 19.3 Å². The minimum absolute atomic E-state index is 0.0460. The normalized spacial score (nSPS) is 12.1. The minimum atomic E-state index is -0.470. The average Bonchev–Trinajstić information content (AvgIpc) is 2.99. The maximum Gasteiger partial charge on any atom is 0.498 e. The molecule has 26 heavy (non-hydrogen) atoms. The molecular formula is C22H23BO3. The van der Waals surface area contributed by atoms with Gasteiger partial charge in [-0.15, -0.1) is 0 Å². The summed E-state index contributed by atoms with van der Waals surface area (Å²) in [5.74, 6) is 0. The van der Waals surface area contributed by atoms with Crippen molar-refractivity contribution in [2.45, 2.75) is 39.9 Å². The maximum atomic E-state index is 6.28. The van der Waals surface area contributed by atoms with Gasteiger partial charge in [-0.05, 0) is 44.5 Å². The first-order valence-corrected chi connectivity index (χ1v) is 9.18. The Hall–Kier alpha value is -2.30. The van der Waals surface area contributed by atoms with Crippen molar-refractivity contribution >= 4 is 45.3 Å². The van der Waals surface area contributed by atoms with Gasteiger partial charge < -0.3 is 13.7 Å². The molecule has 0 aliphatic heterocycles. The number of rotatable bonds is 5. The van der Waals surface area contributed by atoms with Crippen LogP contribution in [-0.2, 0) is 9.31 Å². The average molecular weight is 346 g/mol. The molecule has 0 aliphatic carbocycles. The molecular weight excluding hydrogens is 323 g/mol. The van der Waals surface area contributed by atoms with Gasteiger partial charge in [-0.2, -0.15) is 0 Å². The first-order chi connectivity index (χ1) is 12.5. The Labute approximate surface area is 154 Å². The number of fused-ring (bicyclic) bond motifs is 5. The highest BCUT2D eigenvalue weighted by molar-refractivity contribution is 6.65. The Kier molecular flexibility index (Phi) is 4.47. The standard InChI is InChI=1S/C22H23BO3/c1-14(2)25-23(26-15(3)4)19-13-16-9-5-6-10-17(16)21-18-11-7-8-12-20(18)24-22(19)21/h5-15H,1-4H3. The fourth-order valence-corrected chi connectivity index (χ4v) is 3.45. The van der Waals surface area contributed by atoms with E-state index in [9.17, 15) is 0 Å². The van der Waals surface area contributed by atoms with Crippen LogP contribution in [0.1, 0.15) is 27.7 Å². The molecule has 132 valence electrons. The molecule has 0 spiro atoms. The Bertz CT molecular complexity index is 1050. The van der Waals surface area contributed by atoms with Gasteiger partial charge in [-0.1, -0.05) is 48.5 Å². The van der Waals surface area contributed by atoms with E-state index in [1.807, 2.05) is 45.9 Å². The van der Waals surface area contributed by atoms with Crippen molar-refractivity contribution in [3.05, 3.63) is 54.6 Å². The van der Waals surface area contributed by atoms with Crippen LogP contribution in [0.4, 0.5) is 0 Å². The van der Waals surface area contributed by atoms with Crippen molar-refractivity contribution < 1.29 is 13.7 Å². The molecule has 0 atom stereocenters. The SMILES string of the molecule is CC(C)OB(OC(C)C)c1cc2ccccc2c2c1oc1ccccc12. The number of hydrogen-bond acceptors (Lipinski definition) is 3. The van der Waals surface area contributed by atoms with Crippen LogP contribution in [0, 0.1) is 0 Å². The third-order valence-electron chi connectivity index (χ3n) is 4.44. The lowest BCUT2D eigenvalue weighted by Crippen LogP contribution is -2.41. The third-order valence-corrected chi connectivity index (χ3v) is 4.44. The van der Waals surface area contributed by atoms with Crippen molar-refractivity contribution in [3.8, 4) is 0 Å². The van der Waals surface area contributed by atoms with Crippen molar-refractivity contribution in [3.63, 3.8) is 0 Å². The van der Waals surface area contributed by atoms with Gasteiger partial charge in [0, 0.05) is 28.4 Å². The number of benzene rings is 3. The molecule has 0 N–H and O–H groups in total. The quantitative estimate of drug-likeness (QED) is 0.461. The molecule has 0 saturated heterocycles. The molecule has 4 heteroatoms. The largest absolute Gasteiger partial charge is 0.498 e. The molecule has 0 bridgehead atoms. The smallest absolute Gasteiger partial charge is 0.456 e. The topological polar surface area (TPSA) is 31.6 Å². The summed E-state index contributed by atoms with van der Waals surface area (Å²) in [6.07, 6.45) is 0.0919. The van der Waals surface area contributed by atoms with Crippen molar-refractivity contribution in [2.24, 2.45) is 0 Å². The summed E-state index contributed by atoms with van der Waals surface area (Å²) in [5, 5.41) is 4.59. The fraction of sp³-hybridized carbons (Fsp3) is 0.273. The van der Waals surface area contributed by atoms with Crippen LogP contribution >= 0.6 is 0 Å². The van der Waals surface area contributed by atoms with Gasteiger partial charge >= 0.3 is 7.12 Å². The molecule has 0 unspecified atom stereocenters. The zero-order chi connectivity index (χ0) is 18.3. The van der Waals surface area contributed by atoms with Crippen molar-refractivity contribution in [1.29, 1.82) is 0 Å². The Morgan fingerprint density at radius 1 is 0.808 bits per heavy atom. The summed E-state index contributed by atoms with van der Waals surface area (Å²) in [7, 11) is -0.470. The van der Waals surface area contributed by atoms with E-state index in [4.69, 9.17) is 13.7 Å². The van der Waals surface area contributed by atoms with Crippen LogP contribution in [0.2, 0.25) is 0 Å². The van der Waals surface area contributed by atoms with E-state index in [1.165, 1.54) is 5.39 Å². The molecule has 0 fully saturated rings. The zero-order valence-electron chi connectivity index (χ0n) is 15.7. The predicted octanol–water partition coefficient (Wildman–Crippen LogP) is 5.28. The molecule has 4 rings (SSSR count). The summed E-state index contributed by atoms with van der Waals surface area (Å²) in [6.45, 7) is 8.09. The van der Waals surface area contributed by atoms with Crippen LogP contribution in [0.15, 0.2) is 59.0 Å². The second-order valence-electron chi connectivity index (χ2n) is 7.19. The monoisotopic (exact) mass is 346 g/mol. The van der Waals surface area contributed by atoms with E-state index in [2.05, 4.69) is 36.4 Å². The highest BCUT2D eigenvalue weighted by Gasteiger charge is 2.29. The van der Waals surface area contributed by atoms with Crippen LogP contribution in [0.3, 0.4) is 0 Å². The van der Waals surface area contributed by atoms with Gasteiger partial charge in [0.1, 0.15) is 11.2 Å². The molecule has 4 aromatic rings. The molecule has 0 aliphatic rings. The highest BCUT2D eigenvalue weighted by atomic mass is 16.6. The van der Waals surface area contributed by atoms with Crippen molar-refractivity contribution in [2.75, 3.05) is 0 Å². The minimum Gasteiger partial charge on any atom is -0.456 e. The highest BCUT2D eigenvalue weighted by Crippen LogP contribution is 2.34. The molecule has 0 radical (unpaired) electrons. The maximum absolute atomic E-state index is 6.28. The van der Waals surface area contributed by atoms with Gasteiger partial charge in [0.2, 0.25) is 0 Å². The lowest BCUT2D eigenvalue weighted by Gasteiger charge is -2.20. The molecule has 1 aromatic heterocycles. The molecule has 3 aromatic carbocycles. The predicted molar refractivity (Wildman–Crippen MR) is 109 cm³/mol. The van der Waals surface area contributed by atoms with Crippen LogP contribution in [0.5, 0.6) is 0 Å². The van der Waals surface area contributed by atoms with E-state index in [0.717, 1.165) is 32.8 Å². The van der Waals surface area contributed by atoms with E-state index in [1.54, 1.807) is 0 Å². The number of furan rings is 1. The van der Waals surface area contributed by atoms with Gasteiger partial charge in [-0.25, -0.2) is 0 Å². The Morgan fingerprint density at radius 2 is 1.42 bits per heavy atom. The lowest BCUT2D eigenvalue weighted by atomic mass is 9.76. The first-order valence-electron chi connectivity index (χ1n) is 9.18. The van der Waals surface area contributed by atoms with Gasteiger partial charge in [-0.3, -0.25) is 0 Å². The van der Waals surface area contributed by atoms with E-state index >= 15 is 0 Å². The lowest BCUT2D eigenvalue weighted by molar-refractivity contribution is 0.139. The second kappa shape index (κ2) is 6.78. The molecule has 3 nitrogen and oxygen atoms in total. The summed E-state index contributed by atoms with van der Waals surface area (Å²) in [4.78, 5) is 0. The summed E-state index contributed by atoms with van der Waals surface area (Å²) < 4.78 is 18.5. The van der Waals surface area contributed by atoms with Gasteiger partial charge in [0.25, 0.3) is 0 Å². The van der Waals surface area contributed by atoms with E-state index in [-0.39, 0.29) is 12.2 Å². The first kappa shape index (κ1) is 17.1. The number of para-hydroxylation sites is 1. The van der Waals surface area contributed by atoms with Crippen molar-refractivity contribution in [1.82, 2.24) is 0 Å². The summed E-state index contributed by atoms with van der Waals surface area (Å²) in [6, 6.07) is 18.7. The van der Waals surface area contributed by atoms with Gasteiger partial charge in [0.05, 0.1) is 0 Å². The second-order valence-corrected chi connectivity index (χ2v) is 7.19. The molecule has 0 saturated carbocycles. The Morgan fingerprint density at radius 3 is 2.12 bits per heavy atom. The molecule has 0 amide bonds.